The standard InChI is InChI=1S/C23H28N2O5S/c1-17-4-8-20(9-5-17)25(31(28,29)21-10-6-18(2)7-11-21)16-22(26)24-14-12-19(13-15-24)23(27)30-3/h4-11,19H,12-16H2,1-3H3. The molecule has 1 aliphatic rings. The summed E-state index contributed by atoms with van der Waals surface area (Å²) in [6.45, 7) is 4.28. The Morgan fingerprint density at radius 2 is 1.48 bits per heavy atom. The van der Waals surface area contributed by atoms with Crippen LogP contribution in [0, 0.1) is 19.8 Å². The highest BCUT2D eigenvalue weighted by molar-refractivity contribution is 7.92. The van der Waals surface area contributed by atoms with Gasteiger partial charge in [0, 0.05) is 13.1 Å². The van der Waals surface area contributed by atoms with E-state index < -0.39 is 10.0 Å². The Hall–Kier alpha value is -2.87. The normalized spacial score (nSPS) is 14.9. The second kappa shape index (κ2) is 9.51. The summed E-state index contributed by atoms with van der Waals surface area (Å²) in [5.41, 5.74) is 2.38. The van der Waals surface area contributed by atoms with Gasteiger partial charge in [-0.2, -0.15) is 0 Å². The summed E-state index contributed by atoms with van der Waals surface area (Å²) >= 11 is 0. The zero-order valence-electron chi connectivity index (χ0n) is 18.1. The summed E-state index contributed by atoms with van der Waals surface area (Å²) in [4.78, 5) is 26.5. The molecule has 1 amide bonds. The Kier molecular flexibility index (Phi) is 7.00. The maximum absolute atomic E-state index is 13.4. The van der Waals surface area contributed by atoms with Gasteiger partial charge in [-0.05, 0) is 51.0 Å². The van der Waals surface area contributed by atoms with E-state index >= 15 is 0 Å². The Labute approximate surface area is 183 Å². The molecule has 2 aromatic rings. The fraction of sp³-hybridized carbons (Fsp3) is 0.391. The van der Waals surface area contributed by atoms with Gasteiger partial charge in [0.05, 0.1) is 23.6 Å². The second-order valence-electron chi connectivity index (χ2n) is 7.84. The third kappa shape index (κ3) is 5.25. The number of likely N-dealkylation sites (tertiary alicyclic amines) is 1. The van der Waals surface area contributed by atoms with E-state index in [9.17, 15) is 18.0 Å². The molecule has 0 N–H and O–H groups in total. The van der Waals surface area contributed by atoms with Gasteiger partial charge in [0.1, 0.15) is 6.54 Å². The summed E-state index contributed by atoms with van der Waals surface area (Å²) in [6.07, 6.45) is 1.02. The van der Waals surface area contributed by atoms with E-state index in [1.54, 1.807) is 41.3 Å². The molecule has 0 atom stereocenters. The second-order valence-corrected chi connectivity index (χ2v) is 9.70. The van der Waals surface area contributed by atoms with Crippen LogP contribution in [0.2, 0.25) is 0 Å². The van der Waals surface area contributed by atoms with Crippen LogP contribution < -0.4 is 4.31 Å². The first-order valence-corrected chi connectivity index (χ1v) is 11.7. The zero-order valence-corrected chi connectivity index (χ0v) is 18.9. The predicted molar refractivity (Wildman–Crippen MR) is 118 cm³/mol. The molecule has 0 spiro atoms. The largest absolute Gasteiger partial charge is 0.469 e. The number of carbonyl (C=O) groups is 2. The number of sulfonamides is 1. The maximum Gasteiger partial charge on any atom is 0.308 e. The molecule has 1 aliphatic heterocycles. The number of aryl methyl sites for hydroxylation is 2. The highest BCUT2D eigenvalue weighted by Gasteiger charge is 2.32. The lowest BCUT2D eigenvalue weighted by Gasteiger charge is -2.33. The molecular weight excluding hydrogens is 416 g/mol. The Morgan fingerprint density at radius 3 is 2.00 bits per heavy atom. The van der Waals surface area contributed by atoms with E-state index in [1.165, 1.54) is 7.11 Å². The molecule has 1 saturated heterocycles. The lowest BCUT2D eigenvalue weighted by atomic mass is 9.97. The van der Waals surface area contributed by atoms with E-state index in [0.29, 0.717) is 31.6 Å². The molecule has 1 fully saturated rings. The molecule has 166 valence electrons. The molecule has 7 nitrogen and oxygen atoms in total. The lowest BCUT2D eigenvalue weighted by molar-refractivity contribution is -0.148. The van der Waals surface area contributed by atoms with Crippen molar-refractivity contribution < 1.29 is 22.7 Å². The Balaban J connectivity index is 1.84. The van der Waals surface area contributed by atoms with Crippen molar-refractivity contribution in [3.8, 4) is 0 Å². The number of carbonyl (C=O) groups excluding carboxylic acids is 2. The average molecular weight is 445 g/mol. The number of benzene rings is 2. The van der Waals surface area contributed by atoms with Crippen LogP contribution in [0.25, 0.3) is 0 Å². The summed E-state index contributed by atoms with van der Waals surface area (Å²) < 4.78 is 32.8. The summed E-state index contributed by atoms with van der Waals surface area (Å²) in [7, 11) is -2.58. The van der Waals surface area contributed by atoms with Crippen LogP contribution in [0.3, 0.4) is 0 Å². The first kappa shape index (κ1) is 22.8. The third-order valence-electron chi connectivity index (χ3n) is 5.59. The fourth-order valence-electron chi connectivity index (χ4n) is 3.62. The number of nitrogens with zero attached hydrogens (tertiary/aromatic N) is 2. The van der Waals surface area contributed by atoms with Crippen molar-refractivity contribution in [1.29, 1.82) is 0 Å². The lowest BCUT2D eigenvalue weighted by Crippen LogP contribution is -2.46. The van der Waals surface area contributed by atoms with E-state index in [1.807, 2.05) is 26.0 Å². The minimum absolute atomic E-state index is 0.135. The molecule has 0 aliphatic carbocycles. The van der Waals surface area contributed by atoms with Crippen molar-refractivity contribution >= 4 is 27.6 Å². The number of hydrogen-bond donors (Lipinski definition) is 0. The Bertz CT molecular complexity index is 1020. The summed E-state index contributed by atoms with van der Waals surface area (Å²) in [5, 5.41) is 0. The SMILES string of the molecule is COC(=O)C1CCN(C(=O)CN(c2ccc(C)cc2)S(=O)(=O)c2ccc(C)cc2)CC1. The summed E-state index contributed by atoms with van der Waals surface area (Å²) in [6, 6.07) is 13.6. The molecule has 31 heavy (non-hydrogen) atoms. The van der Waals surface area contributed by atoms with Crippen molar-refractivity contribution in [3.63, 3.8) is 0 Å². The van der Waals surface area contributed by atoms with Gasteiger partial charge in [0.15, 0.2) is 0 Å². The van der Waals surface area contributed by atoms with Gasteiger partial charge in [0.2, 0.25) is 5.91 Å². The molecule has 0 unspecified atom stereocenters. The fourth-order valence-corrected chi connectivity index (χ4v) is 5.03. The topological polar surface area (TPSA) is 84.0 Å². The molecule has 0 aromatic heterocycles. The van der Waals surface area contributed by atoms with Crippen LogP contribution in [0.1, 0.15) is 24.0 Å². The summed E-state index contributed by atoms with van der Waals surface area (Å²) in [5.74, 6) is -0.784. The van der Waals surface area contributed by atoms with Gasteiger partial charge in [0.25, 0.3) is 10.0 Å². The number of hydrogen-bond acceptors (Lipinski definition) is 5. The molecule has 1 heterocycles. The van der Waals surface area contributed by atoms with E-state index in [0.717, 1.165) is 15.4 Å². The van der Waals surface area contributed by atoms with Gasteiger partial charge < -0.3 is 9.64 Å². The number of methoxy groups -OCH3 is 1. The van der Waals surface area contributed by atoms with E-state index in [-0.39, 0.29) is 29.2 Å². The van der Waals surface area contributed by atoms with Crippen LogP contribution in [0.5, 0.6) is 0 Å². The Morgan fingerprint density at radius 1 is 0.968 bits per heavy atom. The highest BCUT2D eigenvalue weighted by Crippen LogP contribution is 2.25. The number of rotatable bonds is 6. The van der Waals surface area contributed by atoms with E-state index in [4.69, 9.17) is 4.74 Å². The third-order valence-corrected chi connectivity index (χ3v) is 7.38. The minimum Gasteiger partial charge on any atom is -0.469 e. The van der Waals surface area contributed by atoms with Crippen LogP contribution in [0.15, 0.2) is 53.4 Å². The smallest absolute Gasteiger partial charge is 0.308 e. The predicted octanol–water partition coefficient (Wildman–Crippen LogP) is 2.91. The molecule has 2 aromatic carbocycles. The van der Waals surface area contributed by atoms with Crippen molar-refractivity contribution in [3.05, 3.63) is 59.7 Å². The number of esters is 1. The number of anilines is 1. The van der Waals surface area contributed by atoms with Gasteiger partial charge in [-0.15, -0.1) is 0 Å². The van der Waals surface area contributed by atoms with Gasteiger partial charge in [-0.25, -0.2) is 8.42 Å². The first-order chi connectivity index (χ1) is 14.7. The zero-order chi connectivity index (χ0) is 22.6. The molecule has 3 rings (SSSR count). The minimum atomic E-state index is -3.93. The molecule has 0 saturated carbocycles. The number of amides is 1. The number of ether oxygens (including phenoxy) is 1. The van der Waals surface area contributed by atoms with Crippen LogP contribution in [-0.2, 0) is 24.3 Å². The monoisotopic (exact) mass is 444 g/mol. The van der Waals surface area contributed by atoms with Crippen LogP contribution in [-0.4, -0.2) is 51.9 Å². The molecule has 0 bridgehead atoms. The van der Waals surface area contributed by atoms with Crippen molar-refractivity contribution in [2.24, 2.45) is 5.92 Å². The van der Waals surface area contributed by atoms with Crippen molar-refractivity contribution in [2.45, 2.75) is 31.6 Å². The number of piperidine rings is 1. The van der Waals surface area contributed by atoms with E-state index in [2.05, 4.69) is 0 Å². The quantitative estimate of drug-likeness (QED) is 0.640. The molecule has 0 radical (unpaired) electrons. The van der Waals surface area contributed by atoms with Crippen molar-refractivity contribution in [1.82, 2.24) is 4.90 Å². The van der Waals surface area contributed by atoms with Gasteiger partial charge in [-0.3, -0.25) is 13.9 Å². The van der Waals surface area contributed by atoms with Gasteiger partial charge >= 0.3 is 5.97 Å². The van der Waals surface area contributed by atoms with Crippen molar-refractivity contribution in [2.75, 3.05) is 31.0 Å². The first-order valence-electron chi connectivity index (χ1n) is 10.2. The average Bonchev–Trinajstić information content (AvgIpc) is 2.78. The highest BCUT2D eigenvalue weighted by atomic mass is 32.2. The molecule has 8 heteroatoms. The molecular formula is C23H28N2O5S. The maximum atomic E-state index is 13.4. The van der Waals surface area contributed by atoms with Crippen LogP contribution >= 0.6 is 0 Å². The van der Waals surface area contributed by atoms with Gasteiger partial charge in [-0.1, -0.05) is 35.4 Å². The van der Waals surface area contributed by atoms with Crippen LogP contribution in [0.4, 0.5) is 5.69 Å².